The molecule has 1 heteroatoms. The quantitative estimate of drug-likeness (QED) is 0.471. The fourth-order valence-corrected chi connectivity index (χ4v) is 4.36. The van der Waals surface area contributed by atoms with E-state index >= 15 is 0 Å². The predicted molar refractivity (Wildman–Crippen MR) is 110 cm³/mol. The summed E-state index contributed by atoms with van der Waals surface area (Å²) in [6.07, 6.45) is 10.5. The van der Waals surface area contributed by atoms with Crippen molar-refractivity contribution in [1.82, 2.24) is 0 Å². The average Bonchev–Trinajstić information content (AvgIpc) is 2.70. The number of benzene rings is 2. The second kappa shape index (κ2) is 9.19. The first-order valence-corrected chi connectivity index (χ1v) is 10.1. The molecule has 138 valence electrons. The lowest BCUT2D eigenvalue weighted by molar-refractivity contribution is -0.124. The van der Waals surface area contributed by atoms with E-state index in [-0.39, 0.29) is 11.7 Å². The van der Waals surface area contributed by atoms with Gasteiger partial charge < -0.3 is 4.74 Å². The summed E-state index contributed by atoms with van der Waals surface area (Å²) in [5, 5.41) is 0. The molecule has 3 rings (SSSR count). The number of hydrogen-bond donors (Lipinski definition) is 0. The smallest absolute Gasteiger partial charge is 0.0872 e. The second-order valence-corrected chi connectivity index (χ2v) is 7.85. The third kappa shape index (κ3) is 4.86. The van der Waals surface area contributed by atoms with Crippen molar-refractivity contribution < 1.29 is 4.74 Å². The first-order chi connectivity index (χ1) is 12.7. The Balaban J connectivity index is 1.85. The van der Waals surface area contributed by atoms with E-state index < -0.39 is 0 Å². The van der Waals surface area contributed by atoms with Crippen LogP contribution in [0.1, 0.15) is 62.7 Å². The lowest BCUT2D eigenvalue weighted by Gasteiger charge is -2.42. The minimum atomic E-state index is -0.141. The van der Waals surface area contributed by atoms with Crippen molar-refractivity contribution >= 4 is 0 Å². The molecule has 1 nitrogen and oxygen atoms in total. The Kier molecular flexibility index (Phi) is 6.68. The number of rotatable bonds is 8. The Labute approximate surface area is 159 Å². The van der Waals surface area contributed by atoms with E-state index in [9.17, 15) is 0 Å². The zero-order valence-electron chi connectivity index (χ0n) is 16.1. The molecular weight excluding hydrogens is 316 g/mol. The third-order valence-corrected chi connectivity index (χ3v) is 5.87. The maximum atomic E-state index is 6.94. The second-order valence-electron chi connectivity index (χ2n) is 7.85. The maximum absolute atomic E-state index is 6.94. The summed E-state index contributed by atoms with van der Waals surface area (Å²) < 4.78 is 6.94. The van der Waals surface area contributed by atoms with Gasteiger partial charge in [0.25, 0.3) is 0 Å². The van der Waals surface area contributed by atoms with Gasteiger partial charge in [0.2, 0.25) is 0 Å². The molecule has 0 radical (unpaired) electrons. The Morgan fingerprint density at radius 2 is 1.62 bits per heavy atom. The Hall–Kier alpha value is -1.86. The SMILES string of the molecule is C=CC[C@](C)(O[C@H](Cc1ccccc1)c1ccccc1)C1CCCCC1. The molecule has 0 unspecified atom stereocenters. The van der Waals surface area contributed by atoms with Crippen LogP contribution in [0, 0.1) is 5.92 Å². The lowest BCUT2D eigenvalue weighted by atomic mass is 9.76. The molecule has 2 aromatic carbocycles. The molecule has 1 aliphatic rings. The molecule has 2 atom stereocenters. The summed E-state index contributed by atoms with van der Waals surface area (Å²) >= 11 is 0. The molecule has 1 saturated carbocycles. The van der Waals surface area contributed by atoms with E-state index in [4.69, 9.17) is 4.74 Å². The highest BCUT2D eigenvalue weighted by Crippen LogP contribution is 2.41. The van der Waals surface area contributed by atoms with Crippen LogP contribution in [0.5, 0.6) is 0 Å². The summed E-state index contributed by atoms with van der Waals surface area (Å²) in [5.41, 5.74) is 2.45. The molecule has 0 spiro atoms. The van der Waals surface area contributed by atoms with Crippen molar-refractivity contribution in [2.75, 3.05) is 0 Å². The molecule has 1 fully saturated rings. The highest BCUT2D eigenvalue weighted by Gasteiger charge is 2.37. The molecule has 0 heterocycles. The first-order valence-electron chi connectivity index (χ1n) is 10.1. The van der Waals surface area contributed by atoms with Gasteiger partial charge in [0.15, 0.2) is 0 Å². The number of ether oxygens (including phenoxy) is 1. The monoisotopic (exact) mass is 348 g/mol. The molecule has 0 amide bonds. The fraction of sp³-hybridized carbons (Fsp3) is 0.440. The van der Waals surface area contributed by atoms with E-state index in [1.165, 1.54) is 43.2 Å². The predicted octanol–water partition coefficient (Wildman–Crippen LogP) is 6.90. The molecular formula is C25H32O. The van der Waals surface area contributed by atoms with E-state index in [1.807, 2.05) is 6.08 Å². The van der Waals surface area contributed by atoms with Crippen molar-refractivity contribution in [3.05, 3.63) is 84.4 Å². The molecule has 0 bridgehead atoms. The van der Waals surface area contributed by atoms with E-state index in [0.29, 0.717) is 5.92 Å². The topological polar surface area (TPSA) is 9.23 Å². The third-order valence-electron chi connectivity index (χ3n) is 5.87. The van der Waals surface area contributed by atoms with Crippen molar-refractivity contribution in [2.45, 2.75) is 63.6 Å². The molecule has 0 N–H and O–H groups in total. The van der Waals surface area contributed by atoms with E-state index in [1.54, 1.807) is 0 Å². The van der Waals surface area contributed by atoms with Gasteiger partial charge in [-0.15, -0.1) is 6.58 Å². The van der Waals surface area contributed by atoms with Gasteiger partial charge in [-0.05, 0) is 43.2 Å². The molecule has 1 aliphatic carbocycles. The highest BCUT2D eigenvalue weighted by atomic mass is 16.5. The molecule has 0 aliphatic heterocycles. The van der Waals surface area contributed by atoms with Crippen molar-refractivity contribution in [1.29, 1.82) is 0 Å². The van der Waals surface area contributed by atoms with Gasteiger partial charge in [-0.1, -0.05) is 86.0 Å². The minimum Gasteiger partial charge on any atom is -0.366 e. The highest BCUT2D eigenvalue weighted by molar-refractivity contribution is 5.23. The van der Waals surface area contributed by atoms with Crippen LogP contribution in [0.25, 0.3) is 0 Å². The first kappa shape index (κ1) is 18.9. The summed E-state index contributed by atoms with van der Waals surface area (Å²) in [6, 6.07) is 21.4. The van der Waals surface area contributed by atoms with Crippen molar-refractivity contribution in [3.8, 4) is 0 Å². The van der Waals surface area contributed by atoms with Gasteiger partial charge >= 0.3 is 0 Å². The van der Waals surface area contributed by atoms with Crippen LogP contribution in [0.3, 0.4) is 0 Å². The van der Waals surface area contributed by atoms with Crippen molar-refractivity contribution in [3.63, 3.8) is 0 Å². The summed E-state index contributed by atoms with van der Waals surface area (Å²) in [4.78, 5) is 0. The molecule has 26 heavy (non-hydrogen) atoms. The Morgan fingerprint density at radius 1 is 1.00 bits per heavy atom. The molecule has 0 saturated heterocycles. The van der Waals surface area contributed by atoms with Gasteiger partial charge in [-0.2, -0.15) is 0 Å². The van der Waals surface area contributed by atoms with Gasteiger partial charge in [0, 0.05) is 6.42 Å². The molecule has 0 aromatic heterocycles. The van der Waals surface area contributed by atoms with Crippen molar-refractivity contribution in [2.24, 2.45) is 5.92 Å². The van der Waals surface area contributed by atoms with Crippen LogP contribution in [-0.2, 0) is 11.2 Å². The fourth-order valence-electron chi connectivity index (χ4n) is 4.36. The van der Waals surface area contributed by atoms with Crippen LogP contribution in [-0.4, -0.2) is 5.60 Å². The molecule has 2 aromatic rings. The normalized spacial score (nSPS) is 18.8. The van der Waals surface area contributed by atoms with Crippen LogP contribution in [0.2, 0.25) is 0 Å². The Bertz CT molecular complexity index is 657. The number of hydrogen-bond acceptors (Lipinski definition) is 1. The van der Waals surface area contributed by atoms with Gasteiger partial charge in [-0.3, -0.25) is 0 Å². The zero-order valence-corrected chi connectivity index (χ0v) is 16.1. The largest absolute Gasteiger partial charge is 0.366 e. The van der Waals surface area contributed by atoms with Crippen LogP contribution < -0.4 is 0 Å². The standard InChI is InChI=1S/C25H32O/c1-3-19-25(2,23-17-11-6-12-18-23)26-24(22-15-9-5-10-16-22)20-21-13-7-4-8-14-21/h3-5,7-10,13-16,23-24H,1,6,11-12,17-20H2,2H3/t24-,25+/m1/s1. The lowest BCUT2D eigenvalue weighted by Crippen LogP contribution is -2.40. The average molecular weight is 349 g/mol. The minimum absolute atomic E-state index is 0.0745. The van der Waals surface area contributed by atoms with E-state index in [2.05, 4.69) is 74.2 Å². The van der Waals surface area contributed by atoms with Gasteiger partial charge in [-0.25, -0.2) is 0 Å². The van der Waals surface area contributed by atoms with Gasteiger partial charge in [0.1, 0.15) is 0 Å². The zero-order chi connectivity index (χ0) is 18.2. The maximum Gasteiger partial charge on any atom is 0.0872 e. The van der Waals surface area contributed by atoms with Crippen LogP contribution >= 0.6 is 0 Å². The van der Waals surface area contributed by atoms with Crippen LogP contribution in [0.15, 0.2) is 73.3 Å². The summed E-state index contributed by atoms with van der Waals surface area (Å²) in [6.45, 7) is 6.34. The van der Waals surface area contributed by atoms with E-state index in [0.717, 1.165) is 12.8 Å². The van der Waals surface area contributed by atoms with Gasteiger partial charge in [0.05, 0.1) is 11.7 Å². The summed E-state index contributed by atoms with van der Waals surface area (Å²) in [7, 11) is 0. The summed E-state index contributed by atoms with van der Waals surface area (Å²) in [5.74, 6) is 0.622. The van der Waals surface area contributed by atoms with Crippen LogP contribution in [0.4, 0.5) is 0 Å². The Morgan fingerprint density at radius 3 is 2.23 bits per heavy atom.